The highest BCUT2D eigenvalue weighted by Crippen LogP contribution is 2.29. The van der Waals surface area contributed by atoms with Crippen molar-refractivity contribution in [3.05, 3.63) is 121 Å². The second-order valence-electron chi connectivity index (χ2n) is 8.64. The first-order chi connectivity index (χ1) is 18.5. The number of hydrogen-bond donors (Lipinski definition) is 0. The van der Waals surface area contributed by atoms with Crippen molar-refractivity contribution in [2.45, 2.75) is 6.92 Å². The molecule has 3 aromatic heterocycles. The maximum Gasteiger partial charge on any atom is 0.300 e. The van der Waals surface area contributed by atoms with Crippen molar-refractivity contribution in [3.8, 4) is 34.0 Å². The summed E-state index contributed by atoms with van der Waals surface area (Å²) in [6, 6.07) is 24.6. The van der Waals surface area contributed by atoms with E-state index in [1.807, 2.05) is 79.9 Å². The van der Waals surface area contributed by atoms with E-state index in [2.05, 4.69) is 10.1 Å². The lowest BCUT2D eigenvalue weighted by molar-refractivity contribution is 0.412. The molecule has 0 N–H and O–H groups in total. The van der Waals surface area contributed by atoms with Gasteiger partial charge < -0.3 is 4.74 Å². The van der Waals surface area contributed by atoms with Crippen LogP contribution in [0.5, 0.6) is 5.75 Å². The molecule has 3 heterocycles. The third-order valence-electron chi connectivity index (χ3n) is 6.15. The predicted octanol–water partition coefficient (Wildman–Crippen LogP) is 3.90. The molecule has 186 valence electrons. The van der Waals surface area contributed by atoms with E-state index in [0.717, 1.165) is 39.5 Å². The van der Waals surface area contributed by atoms with Gasteiger partial charge in [0.25, 0.3) is 5.56 Å². The van der Waals surface area contributed by atoms with Crippen LogP contribution in [0.15, 0.2) is 94.6 Å². The van der Waals surface area contributed by atoms with Gasteiger partial charge >= 0.3 is 5.56 Å². The average Bonchev–Trinajstić information content (AvgIpc) is 3.50. The Kier molecular flexibility index (Phi) is 5.89. The number of aryl methyl sites for hydroxylation is 1. The molecule has 3 aromatic carbocycles. The lowest BCUT2D eigenvalue weighted by Crippen LogP contribution is -2.26. The van der Waals surface area contributed by atoms with Crippen LogP contribution in [0.2, 0.25) is 0 Å². The number of para-hydroxylation sites is 1. The second kappa shape index (κ2) is 9.53. The Morgan fingerprint density at radius 1 is 0.868 bits per heavy atom. The van der Waals surface area contributed by atoms with Crippen LogP contribution in [0.3, 0.4) is 0 Å². The van der Waals surface area contributed by atoms with Gasteiger partial charge in [0.1, 0.15) is 11.4 Å². The van der Waals surface area contributed by atoms with E-state index in [0.29, 0.717) is 15.8 Å². The number of aromatic nitrogens is 5. The Labute approximate surface area is 220 Å². The molecule has 38 heavy (non-hydrogen) atoms. The van der Waals surface area contributed by atoms with E-state index < -0.39 is 5.56 Å². The maximum absolute atomic E-state index is 13.4. The van der Waals surface area contributed by atoms with Gasteiger partial charge in [0.2, 0.25) is 4.96 Å². The number of ether oxygens (including phenoxy) is 1. The topological polar surface area (TPSA) is 91.4 Å². The fraction of sp³-hybridized carbons (Fsp3) is 0.0690. The molecule has 0 aliphatic carbocycles. The van der Waals surface area contributed by atoms with Gasteiger partial charge in [0.15, 0.2) is 5.69 Å². The van der Waals surface area contributed by atoms with Crippen LogP contribution in [0.25, 0.3) is 39.2 Å². The fourth-order valence-electron chi connectivity index (χ4n) is 4.28. The number of methoxy groups -OCH3 is 1. The molecule has 0 aliphatic rings. The van der Waals surface area contributed by atoms with Crippen molar-refractivity contribution in [1.29, 1.82) is 0 Å². The second-order valence-corrected chi connectivity index (χ2v) is 9.65. The van der Waals surface area contributed by atoms with Crippen molar-refractivity contribution in [3.63, 3.8) is 0 Å². The Morgan fingerprint density at radius 3 is 2.32 bits per heavy atom. The molecule has 0 saturated heterocycles. The molecular weight excluding hydrogens is 498 g/mol. The van der Waals surface area contributed by atoms with Gasteiger partial charge in [0, 0.05) is 22.9 Å². The van der Waals surface area contributed by atoms with Gasteiger partial charge in [0.05, 0.1) is 17.3 Å². The molecule has 0 atom stereocenters. The molecule has 0 radical (unpaired) electrons. The van der Waals surface area contributed by atoms with E-state index in [4.69, 9.17) is 9.84 Å². The third-order valence-corrected chi connectivity index (χ3v) is 7.11. The molecule has 0 fully saturated rings. The fourth-order valence-corrected chi connectivity index (χ4v) is 5.18. The highest BCUT2D eigenvalue weighted by Gasteiger charge is 2.16. The van der Waals surface area contributed by atoms with E-state index in [-0.39, 0.29) is 16.2 Å². The Hall–Kier alpha value is -4.89. The van der Waals surface area contributed by atoms with Gasteiger partial charge in [-0.05, 0) is 48.9 Å². The largest absolute Gasteiger partial charge is 0.496 e. The zero-order valence-corrected chi connectivity index (χ0v) is 21.3. The molecule has 6 aromatic rings. The Bertz CT molecular complexity index is 1960. The molecule has 0 unspecified atom stereocenters. The van der Waals surface area contributed by atoms with Crippen LogP contribution in [-0.2, 0) is 0 Å². The molecule has 0 bridgehead atoms. The average molecular weight is 520 g/mol. The maximum atomic E-state index is 13.4. The first-order valence-electron chi connectivity index (χ1n) is 11.8. The van der Waals surface area contributed by atoms with Crippen molar-refractivity contribution in [2.24, 2.45) is 0 Å². The van der Waals surface area contributed by atoms with Crippen molar-refractivity contribution in [2.75, 3.05) is 7.11 Å². The summed E-state index contributed by atoms with van der Waals surface area (Å²) in [5, 5.41) is 9.21. The van der Waals surface area contributed by atoms with Crippen LogP contribution < -0.4 is 20.4 Å². The number of hydrogen-bond acceptors (Lipinski definition) is 7. The van der Waals surface area contributed by atoms with E-state index in [1.165, 1.54) is 4.52 Å². The van der Waals surface area contributed by atoms with Crippen molar-refractivity contribution >= 4 is 22.4 Å². The molecule has 8 nitrogen and oxygen atoms in total. The Morgan fingerprint density at radius 2 is 1.61 bits per heavy atom. The molecule has 0 aliphatic heterocycles. The normalized spacial score (nSPS) is 11.8. The van der Waals surface area contributed by atoms with Gasteiger partial charge in [-0.15, -0.1) is 0 Å². The van der Waals surface area contributed by atoms with Crippen LogP contribution in [0.1, 0.15) is 11.1 Å². The van der Waals surface area contributed by atoms with E-state index in [9.17, 15) is 9.59 Å². The minimum absolute atomic E-state index is 0.135. The van der Waals surface area contributed by atoms with Crippen molar-refractivity contribution < 1.29 is 4.74 Å². The van der Waals surface area contributed by atoms with Crippen molar-refractivity contribution in [1.82, 2.24) is 24.4 Å². The first-order valence-corrected chi connectivity index (χ1v) is 12.6. The highest BCUT2D eigenvalue weighted by molar-refractivity contribution is 7.15. The summed E-state index contributed by atoms with van der Waals surface area (Å²) in [5.41, 5.74) is 4.11. The number of nitrogens with zero attached hydrogens (tertiary/aromatic N) is 5. The summed E-state index contributed by atoms with van der Waals surface area (Å²) in [7, 11) is 1.64. The minimum atomic E-state index is -0.477. The molecule has 6 rings (SSSR count). The highest BCUT2D eigenvalue weighted by atomic mass is 32.1. The third kappa shape index (κ3) is 4.18. The van der Waals surface area contributed by atoms with Crippen LogP contribution in [-0.4, -0.2) is 31.5 Å². The summed E-state index contributed by atoms with van der Waals surface area (Å²) in [4.78, 5) is 30.5. The molecule has 0 saturated carbocycles. The van der Waals surface area contributed by atoms with E-state index >= 15 is 0 Å². The lowest BCUT2D eigenvalue weighted by Gasteiger charge is -2.06. The summed E-state index contributed by atoms with van der Waals surface area (Å²) in [6.07, 6.45) is 3.66. The SMILES string of the molecule is COc1ccc(-c2nn(-c3ccccc3)cc2C=c2sc3nc(=O)c(-c4ccccc4)nn3c2=O)cc1C. The van der Waals surface area contributed by atoms with Crippen LogP contribution in [0.4, 0.5) is 0 Å². The molecular formula is C29H21N5O3S. The minimum Gasteiger partial charge on any atom is -0.496 e. The summed E-state index contributed by atoms with van der Waals surface area (Å²) in [5.74, 6) is 0.782. The zero-order valence-electron chi connectivity index (χ0n) is 20.5. The van der Waals surface area contributed by atoms with Gasteiger partial charge in [-0.2, -0.15) is 19.7 Å². The summed E-state index contributed by atoms with van der Waals surface area (Å²) in [6.45, 7) is 1.97. The van der Waals surface area contributed by atoms with Crippen LogP contribution in [0, 0.1) is 6.92 Å². The van der Waals surface area contributed by atoms with Gasteiger partial charge in [-0.25, -0.2) is 4.68 Å². The van der Waals surface area contributed by atoms with Gasteiger partial charge in [-0.1, -0.05) is 59.9 Å². The zero-order chi connectivity index (χ0) is 26.2. The quantitative estimate of drug-likeness (QED) is 0.343. The standard InChI is InChI=1S/C29H21N5O3S/c1-18-15-20(13-14-23(18)37-2)25-21(17-33(31-25)22-11-7-4-8-12-22)16-24-28(36)34-29(38-24)30-27(35)26(32-34)19-9-5-3-6-10-19/h3-17H,1-2H3. The first kappa shape index (κ1) is 23.5. The predicted molar refractivity (Wildman–Crippen MR) is 148 cm³/mol. The monoisotopic (exact) mass is 519 g/mol. The van der Waals surface area contributed by atoms with E-state index in [1.54, 1.807) is 30.0 Å². The number of thiazole rings is 1. The van der Waals surface area contributed by atoms with Crippen LogP contribution >= 0.6 is 11.3 Å². The molecule has 0 amide bonds. The summed E-state index contributed by atoms with van der Waals surface area (Å²) >= 11 is 1.12. The summed E-state index contributed by atoms with van der Waals surface area (Å²) < 4.78 is 8.80. The number of rotatable bonds is 5. The molecule has 9 heteroatoms. The molecule has 0 spiro atoms. The lowest BCUT2D eigenvalue weighted by atomic mass is 10.0. The number of fused-ring (bicyclic) bond motifs is 1. The smallest absolute Gasteiger partial charge is 0.300 e. The Balaban J connectivity index is 1.55. The van der Waals surface area contributed by atoms with Gasteiger partial charge in [-0.3, -0.25) is 9.59 Å². The number of benzene rings is 3.